The van der Waals surface area contributed by atoms with Gasteiger partial charge in [-0.05, 0) is 49.9 Å². The SMILES string of the molecule is COc1ccc(OC)c(CN2CCCC([C@@H]3C[C@H](C(F)(F)F)n4ncnc4N3)C2)c1. The number of fused-ring (bicyclic) bond motifs is 1. The summed E-state index contributed by atoms with van der Waals surface area (Å²) in [4.78, 5) is 6.26. The quantitative estimate of drug-likeness (QED) is 0.791. The van der Waals surface area contributed by atoms with Gasteiger partial charge in [0.05, 0.1) is 14.2 Å². The summed E-state index contributed by atoms with van der Waals surface area (Å²) in [6, 6.07) is 3.72. The first kappa shape index (κ1) is 20.8. The first-order valence-corrected chi connectivity index (χ1v) is 10.0. The lowest BCUT2D eigenvalue weighted by Crippen LogP contribution is -2.47. The van der Waals surface area contributed by atoms with E-state index in [1.165, 1.54) is 6.33 Å². The first-order valence-electron chi connectivity index (χ1n) is 10.0. The summed E-state index contributed by atoms with van der Waals surface area (Å²) in [5, 5.41) is 6.97. The topological polar surface area (TPSA) is 64.4 Å². The second kappa shape index (κ2) is 8.33. The number of methoxy groups -OCH3 is 2. The van der Waals surface area contributed by atoms with Crippen LogP contribution < -0.4 is 14.8 Å². The molecule has 0 amide bonds. The Morgan fingerprint density at radius 2 is 2.07 bits per heavy atom. The van der Waals surface area contributed by atoms with Gasteiger partial charge in [-0.1, -0.05) is 0 Å². The molecule has 0 saturated carbocycles. The van der Waals surface area contributed by atoms with Crippen molar-refractivity contribution in [1.29, 1.82) is 0 Å². The molecule has 1 aromatic heterocycles. The van der Waals surface area contributed by atoms with Crippen molar-refractivity contribution >= 4 is 5.95 Å². The van der Waals surface area contributed by atoms with Crippen molar-refractivity contribution in [2.75, 3.05) is 32.6 Å². The molecule has 3 atom stereocenters. The summed E-state index contributed by atoms with van der Waals surface area (Å²) in [6.45, 7) is 2.25. The largest absolute Gasteiger partial charge is 0.497 e. The second-order valence-corrected chi connectivity index (χ2v) is 7.89. The van der Waals surface area contributed by atoms with Crippen LogP contribution in [0.2, 0.25) is 0 Å². The number of rotatable bonds is 5. The average molecular weight is 425 g/mol. The molecule has 2 aromatic rings. The Kier molecular flexibility index (Phi) is 5.77. The van der Waals surface area contributed by atoms with E-state index >= 15 is 0 Å². The molecule has 0 spiro atoms. The Bertz CT molecular complexity index is 872. The van der Waals surface area contributed by atoms with Gasteiger partial charge >= 0.3 is 6.18 Å². The molecule has 10 heteroatoms. The van der Waals surface area contributed by atoms with Gasteiger partial charge in [0.25, 0.3) is 0 Å². The normalized spacial score (nSPS) is 24.8. The van der Waals surface area contributed by atoms with Crippen molar-refractivity contribution in [3.8, 4) is 11.5 Å². The van der Waals surface area contributed by atoms with E-state index in [2.05, 4.69) is 20.3 Å². The minimum absolute atomic E-state index is 0.0408. The van der Waals surface area contributed by atoms with Crippen LogP contribution in [-0.4, -0.2) is 59.2 Å². The molecule has 1 fully saturated rings. The monoisotopic (exact) mass is 425 g/mol. The van der Waals surface area contributed by atoms with E-state index in [4.69, 9.17) is 9.47 Å². The number of hydrogen-bond acceptors (Lipinski definition) is 6. The van der Waals surface area contributed by atoms with Crippen molar-refractivity contribution in [3.63, 3.8) is 0 Å². The number of benzene rings is 1. The summed E-state index contributed by atoms with van der Waals surface area (Å²) < 4.78 is 52.6. The molecule has 4 rings (SSSR count). The molecule has 0 bridgehead atoms. The maximum atomic E-state index is 13.6. The number of anilines is 1. The third-order valence-electron chi connectivity index (χ3n) is 6.03. The van der Waals surface area contributed by atoms with Crippen LogP contribution in [-0.2, 0) is 6.54 Å². The number of halogens is 3. The molecular formula is C20H26F3N5O2. The Morgan fingerprint density at radius 1 is 1.23 bits per heavy atom. The van der Waals surface area contributed by atoms with E-state index in [1.807, 2.05) is 18.2 Å². The number of ether oxygens (including phenoxy) is 2. The highest BCUT2D eigenvalue weighted by Gasteiger charge is 2.48. The number of piperidine rings is 1. The minimum atomic E-state index is -4.36. The van der Waals surface area contributed by atoms with Gasteiger partial charge in [-0.25, -0.2) is 4.68 Å². The van der Waals surface area contributed by atoms with E-state index in [-0.39, 0.29) is 24.3 Å². The Hall–Kier alpha value is -2.49. The molecule has 164 valence electrons. The van der Waals surface area contributed by atoms with Gasteiger partial charge in [-0.3, -0.25) is 4.90 Å². The summed E-state index contributed by atoms with van der Waals surface area (Å²) >= 11 is 0. The maximum absolute atomic E-state index is 13.6. The first-order chi connectivity index (χ1) is 14.4. The number of nitrogens with zero attached hydrogens (tertiary/aromatic N) is 4. The molecule has 1 aromatic carbocycles. The van der Waals surface area contributed by atoms with Gasteiger partial charge in [-0.15, -0.1) is 0 Å². The molecule has 1 N–H and O–H groups in total. The van der Waals surface area contributed by atoms with Gasteiger partial charge in [0.15, 0.2) is 6.04 Å². The molecule has 7 nitrogen and oxygen atoms in total. The zero-order valence-electron chi connectivity index (χ0n) is 17.0. The standard InChI is InChI=1S/C20H26F3N5O2/c1-29-15-5-6-17(30-2)14(8-15)11-27-7-3-4-13(10-27)16-9-18(20(21,22)23)28-19(26-16)24-12-25-28/h5-6,8,12-13,16,18H,3-4,7,9-11H2,1-2H3,(H,24,25,26)/t13?,16-,18+/m0/s1. The smallest absolute Gasteiger partial charge is 0.411 e. The summed E-state index contributed by atoms with van der Waals surface area (Å²) in [7, 11) is 3.25. The molecule has 30 heavy (non-hydrogen) atoms. The van der Waals surface area contributed by atoms with Crippen LogP contribution in [0, 0.1) is 5.92 Å². The Labute approximate surface area is 173 Å². The molecule has 2 aliphatic heterocycles. The van der Waals surface area contributed by atoms with Crippen molar-refractivity contribution < 1.29 is 22.6 Å². The highest BCUT2D eigenvalue weighted by molar-refractivity contribution is 5.40. The number of aromatic nitrogens is 3. The van der Waals surface area contributed by atoms with Gasteiger partial charge in [0.1, 0.15) is 17.8 Å². The van der Waals surface area contributed by atoms with Gasteiger partial charge < -0.3 is 14.8 Å². The lowest BCUT2D eigenvalue weighted by atomic mass is 9.86. The molecule has 1 saturated heterocycles. The fraction of sp³-hybridized carbons (Fsp3) is 0.600. The number of nitrogens with one attached hydrogen (secondary N) is 1. The fourth-order valence-electron chi connectivity index (χ4n) is 4.54. The van der Waals surface area contributed by atoms with E-state index in [0.29, 0.717) is 13.1 Å². The van der Waals surface area contributed by atoms with Crippen LogP contribution in [0.15, 0.2) is 24.5 Å². The Morgan fingerprint density at radius 3 is 2.80 bits per heavy atom. The summed E-state index contributed by atoms with van der Waals surface area (Å²) in [5.41, 5.74) is 1.00. The van der Waals surface area contributed by atoms with E-state index in [1.54, 1.807) is 14.2 Å². The van der Waals surface area contributed by atoms with E-state index in [9.17, 15) is 13.2 Å². The van der Waals surface area contributed by atoms with E-state index in [0.717, 1.165) is 41.1 Å². The van der Waals surface area contributed by atoms with Crippen molar-refractivity contribution in [2.24, 2.45) is 5.92 Å². The van der Waals surface area contributed by atoms with Crippen molar-refractivity contribution in [3.05, 3.63) is 30.1 Å². The Balaban J connectivity index is 1.48. The highest BCUT2D eigenvalue weighted by Crippen LogP contribution is 2.41. The van der Waals surface area contributed by atoms with Crippen LogP contribution in [0.3, 0.4) is 0 Å². The second-order valence-electron chi connectivity index (χ2n) is 7.89. The van der Waals surface area contributed by atoms with Crippen LogP contribution in [0.4, 0.5) is 19.1 Å². The third kappa shape index (κ3) is 4.19. The highest BCUT2D eigenvalue weighted by atomic mass is 19.4. The summed E-state index contributed by atoms with van der Waals surface area (Å²) in [6.07, 6.45) is -1.42. The minimum Gasteiger partial charge on any atom is -0.497 e. The predicted octanol–water partition coefficient (Wildman–Crippen LogP) is 3.50. The number of hydrogen-bond donors (Lipinski definition) is 1. The molecule has 1 unspecified atom stereocenters. The van der Waals surface area contributed by atoms with Crippen LogP contribution in [0.5, 0.6) is 11.5 Å². The molecule has 2 aliphatic rings. The molecular weight excluding hydrogens is 399 g/mol. The third-order valence-corrected chi connectivity index (χ3v) is 6.03. The van der Waals surface area contributed by atoms with Gasteiger partial charge in [-0.2, -0.15) is 23.3 Å². The zero-order valence-corrected chi connectivity index (χ0v) is 17.0. The van der Waals surface area contributed by atoms with Crippen LogP contribution in [0.25, 0.3) is 0 Å². The lowest BCUT2D eigenvalue weighted by molar-refractivity contribution is -0.174. The maximum Gasteiger partial charge on any atom is 0.411 e. The number of likely N-dealkylation sites (tertiary alicyclic amines) is 1. The van der Waals surface area contributed by atoms with Crippen molar-refractivity contribution in [2.45, 2.75) is 44.1 Å². The lowest BCUT2D eigenvalue weighted by Gasteiger charge is -2.41. The van der Waals surface area contributed by atoms with Crippen molar-refractivity contribution in [1.82, 2.24) is 19.7 Å². The molecule has 0 aliphatic carbocycles. The molecule has 3 heterocycles. The average Bonchev–Trinajstić information content (AvgIpc) is 3.21. The number of alkyl halides is 3. The van der Waals surface area contributed by atoms with Gasteiger partial charge in [0, 0.05) is 24.7 Å². The van der Waals surface area contributed by atoms with Gasteiger partial charge in [0.2, 0.25) is 5.95 Å². The van der Waals surface area contributed by atoms with Crippen LogP contribution in [0.1, 0.15) is 30.9 Å². The predicted molar refractivity (Wildman–Crippen MR) is 105 cm³/mol. The zero-order chi connectivity index (χ0) is 21.3. The van der Waals surface area contributed by atoms with Crippen LogP contribution >= 0.6 is 0 Å². The molecule has 0 radical (unpaired) electrons. The van der Waals surface area contributed by atoms with E-state index < -0.39 is 12.2 Å². The summed E-state index contributed by atoms with van der Waals surface area (Å²) in [5.74, 6) is 1.81. The fourth-order valence-corrected chi connectivity index (χ4v) is 4.54.